The fraction of sp³-hybridized carbons (Fsp3) is 0. The summed E-state index contributed by atoms with van der Waals surface area (Å²) in [5.74, 6) is 0. The molecular weight excluding hydrogens is 60.0 g/mol. The molecule has 0 heterocycles. The van der Waals surface area contributed by atoms with Gasteiger partial charge in [-0.2, -0.15) is 9.59 Å². The Balaban J connectivity index is 0. The Labute approximate surface area is 22.5 Å². The van der Waals surface area contributed by atoms with Gasteiger partial charge in [0, 0.05) is 0 Å². The molecule has 4 heavy (non-hydrogen) atoms. The van der Waals surface area contributed by atoms with Crippen LogP contribution in [0.25, 0.3) is 0 Å². The van der Waals surface area contributed by atoms with Crippen LogP contribution in [0.15, 0.2) is 0 Å². The highest BCUT2D eigenvalue weighted by atomic mass is 16.2. The number of hydrogen-bond donors (Lipinski definition) is 0. The second-order valence-corrected chi connectivity index (χ2v) is 0.0833. The molecule has 0 bridgehead atoms. The molecule has 0 aliphatic heterocycles. The van der Waals surface area contributed by atoms with E-state index in [0.717, 1.165) is 0 Å². The maximum atomic E-state index is 8.12. The summed E-state index contributed by atoms with van der Waals surface area (Å²) in [6.07, 6.45) is 0.250. The van der Waals surface area contributed by atoms with Gasteiger partial charge in [0.1, 0.15) is 0 Å². The van der Waals surface area contributed by atoms with Crippen molar-refractivity contribution in [2.45, 2.75) is 0 Å². The van der Waals surface area contributed by atoms with E-state index in [1.54, 1.807) is 0 Å². The molecule has 24 valence electrons. The van der Waals surface area contributed by atoms with Crippen molar-refractivity contribution in [2.24, 2.45) is 0 Å². The lowest BCUT2D eigenvalue weighted by molar-refractivity contribution is -0.191. The topological polar surface area (TPSA) is 65.6 Å². The monoisotopic (exact) mass is 62.0 g/mol. The standard InChI is InChI=1S/CO2.H2O/c2-1-3;/h;1H2. The van der Waals surface area contributed by atoms with Crippen molar-refractivity contribution in [3.8, 4) is 0 Å². The molecule has 0 saturated carbocycles. The van der Waals surface area contributed by atoms with Gasteiger partial charge in [0.15, 0.2) is 0 Å². The van der Waals surface area contributed by atoms with Gasteiger partial charge < -0.3 is 5.48 Å². The van der Waals surface area contributed by atoms with Crippen LogP contribution in [-0.4, -0.2) is 11.6 Å². The third kappa shape index (κ3) is 0.356. The van der Waals surface area contributed by atoms with Gasteiger partial charge >= 0.3 is 6.15 Å². The van der Waals surface area contributed by atoms with Crippen molar-refractivity contribution >= 4 is 6.15 Å². The van der Waals surface area contributed by atoms with Crippen molar-refractivity contribution in [1.29, 1.82) is 0 Å². The first kappa shape index (κ1) is 10.2. The first-order valence-electron chi connectivity index (χ1n) is 0.408. The highest BCUT2D eigenvalue weighted by Crippen LogP contribution is 0.787. The van der Waals surface area contributed by atoms with Crippen LogP contribution in [0, 0.1) is 0 Å². The predicted octanol–water partition coefficient (Wildman–Crippen LogP) is -1.41. The van der Waals surface area contributed by atoms with E-state index < -0.39 is 0 Å². The summed E-state index contributed by atoms with van der Waals surface area (Å²) in [6.45, 7) is 0. The van der Waals surface area contributed by atoms with Gasteiger partial charge in [0.05, 0.1) is 0 Å². The SMILES string of the molecule is O.O=C=O. The molecule has 0 unspecified atom stereocenters. The summed E-state index contributed by atoms with van der Waals surface area (Å²) >= 11 is 0. The molecule has 0 aromatic heterocycles. The predicted molar refractivity (Wildman–Crippen MR) is 8.62 cm³/mol. The van der Waals surface area contributed by atoms with Crippen LogP contribution < -0.4 is 0 Å². The van der Waals surface area contributed by atoms with Gasteiger partial charge in [-0.1, -0.05) is 0 Å². The first-order valence-corrected chi connectivity index (χ1v) is 0.408. The zero-order valence-electron chi connectivity index (χ0n) is 1.82. The fourth-order valence-corrected chi connectivity index (χ4v) is 0. The molecule has 2 N–H and O–H groups in total. The van der Waals surface area contributed by atoms with E-state index in [2.05, 4.69) is 0 Å². The highest BCUT2D eigenvalue weighted by Gasteiger charge is 1.13. The van der Waals surface area contributed by atoms with E-state index in [0.29, 0.717) is 0 Å². The molecule has 0 saturated heterocycles. The van der Waals surface area contributed by atoms with Crippen LogP contribution in [0.1, 0.15) is 0 Å². The molecule has 0 spiro atoms. The smallest absolute Gasteiger partial charge is 0.373 e. The van der Waals surface area contributed by atoms with E-state index in [1.165, 1.54) is 0 Å². The van der Waals surface area contributed by atoms with E-state index in [1.807, 2.05) is 0 Å². The van der Waals surface area contributed by atoms with E-state index in [9.17, 15) is 0 Å². The number of carbonyl (C=O) groups excluding carboxylic acids is 2. The minimum absolute atomic E-state index is 0. The molecule has 0 amide bonds. The van der Waals surface area contributed by atoms with E-state index in [4.69, 9.17) is 9.59 Å². The summed E-state index contributed by atoms with van der Waals surface area (Å²) in [5, 5.41) is 0. The lowest BCUT2D eigenvalue weighted by Crippen LogP contribution is -1.22. The van der Waals surface area contributed by atoms with Gasteiger partial charge in [0.2, 0.25) is 0 Å². The third-order valence-electron chi connectivity index (χ3n) is 0. The molecular formula is CH2O3. The Kier molecular flexibility index (Phi) is 92.5. The minimum Gasteiger partial charge on any atom is -0.412 e. The molecule has 0 aliphatic carbocycles. The molecule has 0 radical (unpaired) electrons. The molecule has 0 aromatic rings. The second-order valence-electron chi connectivity index (χ2n) is 0.0833. The summed E-state index contributed by atoms with van der Waals surface area (Å²) < 4.78 is 0. The van der Waals surface area contributed by atoms with Crippen molar-refractivity contribution in [3.63, 3.8) is 0 Å². The summed E-state index contributed by atoms with van der Waals surface area (Å²) in [5.41, 5.74) is 0. The van der Waals surface area contributed by atoms with E-state index >= 15 is 0 Å². The Morgan fingerprint density at radius 1 is 1.25 bits per heavy atom. The Hall–Kier alpha value is -0.660. The zero-order valence-corrected chi connectivity index (χ0v) is 1.82. The molecule has 0 atom stereocenters. The van der Waals surface area contributed by atoms with Crippen LogP contribution >= 0.6 is 0 Å². The van der Waals surface area contributed by atoms with Crippen LogP contribution in [0.5, 0.6) is 0 Å². The minimum atomic E-state index is 0. The average Bonchev–Trinajstić information content (AvgIpc) is 0.918. The number of rotatable bonds is 0. The van der Waals surface area contributed by atoms with Crippen LogP contribution in [0.2, 0.25) is 0 Å². The van der Waals surface area contributed by atoms with Crippen LogP contribution in [0.4, 0.5) is 0 Å². The van der Waals surface area contributed by atoms with E-state index in [-0.39, 0.29) is 11.6 Å². The van der Waals surface area contributed by atoms with Crippen LogP contribution in [-0.2, 0) is 9.59 Å². The normalized spacial score (nSPS) is 2.00. The van der Waals surface area contributed by atoms with Crippen molar-refractivity contribution < 1.29 is 15.1 Å². The van der Waals surface area contributed by atoms with Gasteiger partial charge in [-0.05, 0) is 0 Å². The molecule has 0 fully saturated rings. The third-order valence-corrected chi connectivity index (χ3v) is 0. The van der Waals surface area contributed by atoms with Crippen molar-refractivity contribution in [3.05, 3.63) is 0 Å². The molecule has 3 heteroatoms. The summed E-state index contributed by atoms with van der Waals surface area (Å²) in [6, 6.07) is 0. The Morgan fingerprint density at radius 3 is 1.25 bits per heavy atom. The molecule has 0 aromatic carbocycles. The largest absolute Gasteiger partial charge is 0.412 e. The molecule has 0 rings (SSSR count). The van der Waals surface area contributed by atoms with Crippen molar-refractivity contribution in [1.82, 2.24) is 0 Å². The second kappa shape index (κ2) is 36.3. The van der Waals surface area contributed by atoms with Gasteiger partial charge in [-0.25, -0.2) is 0 Å². The van der Waals surface area contributed by atoms with Gasteiger partial charge in [-0.15, -0.1) is 0 Å². The summed E-state index contributed by atoms with van der Waals surface area (Å²) in [4.78, 5) is 16.2. The highest BCUT2D eigenvalue weighted by molar-refractivity contribution is 5.20. The fourth-order valence-electron chi connectivity index (χ4n) is 0. The zero-order chi connectivity index (χ0) is 2.71. The Bertz CT molecular complexity index is 24.3. The molecule has 0 aliphatic rings. The summed E-state index contributed by atoms with van der Waals surface area (Å²) in [7, 11) is 0. The number of hydrogen-bond acceptors (Lipinski definition) is 2. The lowest BCUT2D eigenvalue weighted by Gasteiger charge is -0.945. The maximum Gasteiger partial charge on any atom is 0.373 e. The average molecular weight is 62.0 g/mol. The molecule has 3 nitrogen and oxygen atoms in total. The first-order chi connectivity index (χ1) is 1.41. The lowest BCUT2D eigenvalue weighted by atomic mass is 11.8. The van der Waals surface area contributed by atoms with Crippen molar-refractivity contribution in [2.75, 3.05) is 0 Å². The van der Waals surface area contributed by atoms with Crippen LogP contribution in [0.3, 0.4) is 0 Å². The maximum absolute atomic E-state index is 8.12. The Morgan fingerprint density at radius 2 is 1.25 bits per heavy atom. The van der Waals surface area contributed by atoms with Gasteiger partial charge in [0.25, 0.3) is 0 Å². The van der Waals surface area contributed by atoms with Gasteiger partial charge in [-0.3, -0.25) is 0 Å². The quantitative estimate of drug-likeness (QED) is 0.346.